The molecule has 6 nitrogen and oxygen atoms in total. The molecular formula is C18H24F3N5OS. The molecule has 0 aliphatic heterocycles. The van der Waals surface area contributed by atoms with Crippen molar-refractivity contribution in [3.05, 3.63) is 24.5 Å². The molecule has 10 heteroatoms. The van der Waals surface area contributed by atoms with E-state index in [1.165, 1.54) is 12.4 Å². The predicted octanol–water partition coefficient (Wildman–Crippen LogP) is 4.08. The van der Waals surface area contributed by atoms with Crippen LogP contribution in [0.1, 0.15) is 39.5 Å². The molecule has 0 radical (unpaired) electrons. The number of hydrogen-bond donors (Lipinski definition) is 1. The second-order valence-corrected chi connectivity index (χ2v) is 7.44. The number of carbonyl (C=O) groups is 1. The molecule has 2 aromatic rings. The summed E-state index contributed by atoms with van der Waals surface area (Å²) in [5.41, 5.74) is 0.479. The molecule has 1 N–H and O–H groups in total. The third-order valence-electron chi connectivity index (χ3n) is 3.97. The van der Waals surface area contributed by atoms with Gasteiger partial charge in [0, 0.05) is 24.0 Å². The van der Waals surface area contributed by atoms with Gasteiger partial charge < -0.3 is 5.32 Å². The van der Waals surface area contributed by atoms with Crippen molar-refractivity contribution < 1.29 is 18.0 Å². The lowest BCUT2D eigenvalue weighted by molar-refractivity contribution is -0.141. The van der Waals surface area contributed by atoms with Gasteiger partial charge >= 0.3 is 6.18 Å². The normalized spacial score (nSPS) is 12.8. The lowest BCUT2D eigenvalue weighted by Gasteiger charge is -2.14. The Morgan fingerprint density at radius 3 is 2.61 bits per heavy atom. The highest BCUT2D eigenvalue weighted by Crippen LogP contribution is 2.28. The Bertz CT molecular complexity index is 751. The molecule has 0 saturated heterocycles. The first kappa shape index (κ1) is 22.2. The number of hydrogen-bond acceptors (Lipinski definition) is 5. The number of pyridine rings is 1. The first-order valence-corrected chi connectivity index (χ1v) is 10.1. The number of unbranched alkanes of at least 4 members (excludes halogenated alkanes) is 2. The average molecular weight is 415 g/mol. The maximum absolute atomic E-state index is 13.0. The Morgan fingerprint density at radius 2 is 1.96 bits per heavy atom. The lowest BCUT2D eigenvalue weighted by Crippen LogP contribution is -2.33. The van der Waals surface area contributed by atoms with Crippen LogP contribution in [0.5, 0.6) is 0 Å². The molecule has 0 aliphatic rings. The van der Waals surface area contributed by atoms with Crippen LogP contribution in [0.3, 0.4) is 0 Å². The van der Waals surface area contributed by atoms with E-state index in [9.17, 15) is 18.0 Å². The van der Waals surface area contributed by atoms with E-state index in [-0.39, 0.29) is 28.7 Å². The number of carbonyl (C=O) groups excluding carboxylic acids is 1. The Balaban J connectivity index is 2.04. The summed E-state index contributed by atoms with van der Waals surface area (Å²) in [6.45, 7) is 2.80. The first-order valence-electron chi connectivity index (χ1n) is 9.12. The van der Waals surface area contributed by atoms with Crippen molar-refractivity contribution in [3.63, 3.8) is 0 Å². The molecule has 0 bridgehead atoms. The molecule has 154 valence electrons. The molecule has 0 spiro atoms. The molecule has 0 aromatic carbocycles. The van der Waals surface area contributed by atoms with E-state index in [0.717, 1.165) is 42.0 Å². The van der Waals surface area contributed by atoms with Gasteiger partial charge in [-0.2, -0.15) is 13.2 Å². The number of aromatic nitrogens is 4. The maximum atomic E-state index is 13.0. The minimum atomic E-state index is -4.43. The summed E-state index contributed by atoms with van der Waals surface area (Å²) >= 11 is 0.943. The fraction of sp³-hybridized carbons (Fsp3) is 0.556. The van der Waals surface area contributed by atoms with Gasteiger partial charge in [-0.3, -0.25) is 14.3 Å². The minimum Gasteiger partial charge on any atom is -0.353 e. The van der Waals surface area contributed by atoms with E-state index >= 15 is 0 Å². The molecule has 1 unspecified atom stereocenters. The van der Waals surface area contributed by atoms with Gasteiger partial charge in [0.1, 0.15) is 6.54 Å². The van der Waals surface area contributed by atoms with Crippen molar-refractivity contribution in [2.75, 3.05) is 5.75 Å². The number of thioether (sulfide) groups is 1. The van der Waals surface area contributed by atoms with Crippen LogP contribution in [0, 0.1) is 0 Å². The third-order valence-corrected chi connectivity index (χ3v) is 4.94. The van der Waals surface area contributed by atoms with Gasteiger partial charge in [0.2, 0.25) is 5.91 Å². The zero-order valence-electron chi connectivity index (χ0n) is 15.9. The van der Waals surface area contributed by atoms with Crippen LogP contribution in [-0.2, 0) is 11.3 Å². The number of nitrogens with one attached hydrogen (secondary N) is 1. The summed E-state index contributed by atoms with van der Waals surface area (Å²) in [6, 6.07) is 3.16. The molecule has 0 saturated carbocycles. The summed E-state index contributed by atoms with van der Waals surface area (Å²) in [5.74, 6) is -0.165. The number of halogens is 3. The fourth-order valence-corrected chi connectivity index (χ4v) is 3.40. The molecule has 2 heterocycles. The smallest absolute Gasteiger partial charge is 0.353 e. The van der Waals surface area contributed by atoms with Crippen molar-refractivity contribution in [1.29, 1.82) is 0 Å². The Hall–Kier alpha value is -2.10. The summed E-state index contributed by atoms with van der Waals surface area (Å²) in [4.78, 5) is 16.0. The van der Waals surface area contributed by atoms with Crippen molar-refractivity contribution in [2.24, 2.45) is 0 Å². The van der Waals surface area contributed by atoms with E-state index < -0.39 is 12.7 Å². The fourth-order valence-electron chi connectivity index (χ4n) is 2.65. The first-order chi connectivity index (χ1) is 13.3. The van der Waals surface area contributed by atoms with E-state index in [1.807, 2.05) is 6.92 Å². The van der Waals surface area contributed by atoms with Gasteiger partial charge in [-0.15, -0.1) is 10.2 Å². The van der Waals surface area contributed by atoms with Gasteiger partial charge in [-0.25, -0.2) is 0 Å². The van der Waals surface area contributed by atoms with E-state index in [1.54, 1.807) is 12.1 Å². The summed E-state index contributed by atoms with van der Waals surface area (Å²) in [6.07, 6.45) is 2.62. The molecule has 2 rings (SSSR count). The Morgan fingerprint density at radius 1 is 1.25 bits per heavy atom. The standard InChI is InChI=1S/C18H24F3N5OS/c1-3-4-5-6-13(2)23-15(27)11-28-17-25-24-16(14-7-9-22-10-8-14)26(17)12-18(19,20)21/h7-10,13H,3-6,11-12H2,1-2H3,(H,23,27). The van der Waals surface area contributed by atoms with Crippen LogP contribution in [0.25, 0.3) is 11.4 Å². The third kappa shape index (κ3) is 7.14. The zero-order valence-corrected chi connectivity index (χ0v) is 16.7. The Labute approximate surface area is 166 Å². The quantitative estimate of drug-likeness (QED) is 0.468. The average Bonchev–Trinajstić information content (AvgIpc) is 3.01. The van der Waals surface area contributed by atoms with E-state index in [0.29, 0.717) is 5.56 Å². The van der Waals surface area contributed by atoms with Gasteiger partial charge in [0.25, 0.3) is 0 Å². The zero-order chi connectivity index (χ0) is 20.6. The van der Waals surface area contributed by atoms with Crippen LogP contribution in [0.2, 0.25) is 0 Å². The second-order valence-electron chi connectivity index (χ2n) is 6.50. The topological polar surface area (TPSA) is 72.7 Å². The molecule has 0 aliphatic carbocycles. The highest BCUT2D eigenvalue weighted by molar-refractivity contribution is 7.99. The SMILES string of the molecule is CCCCCC(C)NC(=O)CSc1nnc(-c2ccncc2)n1CC(F)(F)F. The van der Waals surface area contributed by atoms with Crippen molar-refractivity contribution in [3.8, 4) is 11.4 Å². The van der Waals surface area contributed by atoms with Gasteiger partial charge in [0.15, 0.2) is 11.0 Å². The summed E-state index contributed by atoms with van der Waals surface area (Å²) < 4.78 is 40.1. The highest BCUT2D eigenvalue weighted by atomic mass is 32.2. The van der Waals surface area contributed by atoms with Gasteiger partial charge in [0.05, 0.1) is 5.75 Å². The minimum absolute atomic E-state index is 0.0234. The molecule has 0 fully saturated rings. The van der Waals surface area contributed by atoms with Gasteiger partial charge in [-0.1, -0.05) is 37.9 Å². The van der Waals surface area contributed by atoms with Crippen LogP contribution in [0.15, 0.2) is 29.7 Å². The van der Waals surface area contributed by atoms with Gasteiger partial charge in [-0.05, 0) is 25.5 Å². The molecule has 1 atom stereocenters. The van der Waals surface area contributed by atoms with Crippen molar-refractivity contribution in [1.82, 2.24) is 25.1 Å². The second kappa shape index (κ2) is 10.4. The monoisotopic (exact) mass is 415 g/mol. The summed E-state index contributed by atoms with van der Waals surface area (Å²) in [7, 11) is 0. The maximum Gasteiger partial charge on any atom is 0.406 e. The number of amides is 1. The largest absolute Gasteiger partial charge is 0.406 e. The molecular weight excluding hydrogens is 391 g/mol. The van der Waals surface area contributed by atoms with Crippen LogP contribution in [-0.4, -0.2) is 43.6 Å². The number of alkyl halides is 3. The van der Waals surface area contributed by atoms with E-state index in [4.69, 9.17) is 0 Å². The number of nitrogens with zero attached hydrogens (tertiary/aromatic N) is 4. The molecule has 2 aromatic heterocycles. The highest BCUT2D eigenvalue weighted by Gasteiger charge is 2.31. The molecule has 28 heavy (non-hydrogen) atoms. The summed E-state index contributed by atoms with van der Waals surface area (Å²) in [5, 5.41) is 10.7. The van der Waals surface area contributed by atoms with Crippen LogP contribution in [0.4, 0.5) is 13.2 Å². The predicted molar refractivity (Wildman–Crippen MR) is 102 cm³/mol. The van der Waals surface area contributed by atoms with E-state index in [2.05, 4.69) is 27.4 Å². The van der Waals surface area contributed by atoms with Crippen LogP contribution < -0.4 is 5.32 Å². The molecule has 1 amide bonds. The van der Waals surface area contributed by atoms with Crippen molar-refractivity contribution in [2.45, 2.75) is 63.5 Å². The Kier molecular flexibility index (Phi) is 8.28. The number of rotatable bonds is 10. The lowest BCUT2D eigenvalue weighted by atomic mass is 10.1. The van der Waals surface area contributed by atoms with Crippen LogP contribution >= 0.6 is 11.8 Å². The van der Waals surface area contributed by atoms with Crippen molar-refractivity contribution >= 4 is 17.7 Å².